The van der Waals surface area contributed by atoms with Gasteiger partial charge in [-0.2, -0.15) is 0 Å². The first-order chi connectivity index (χ1) is 8.78. The largest absolute Gasteiger partial charge is 0.401 e. The highest BCUT2D eigenvalue weighted by Gasteiger charge is 2.39. The van der Waals surface area contributed by atoms with Crippen LogP contribution in [0.3, 0.4) is 0 Å². The van der Waals surface area contributed by atoms with E-state index < -0.39 is 0 Å². The number of hydrogen-bond donors (Lipinski definition) is 2. The van der Waals surface area contributed by atoms with Gasteiger partial charge in [0.2, 0.25) is 0 Å². The third-order valence-electron chi connectivity index (χ3n) is 4.55. The second kappa shape index (κ2) is 3.42. The van der Waals surface area contributed by atoms with Gasteiger partial charge in [0.25, 0.3) is 0 Å². The zero-order valence-electron chi connectivity index (χ0n) is 10.2. The maximum Gasteiger partial charge on any atom is 0.116 e. The lowest BCUT2D eigenvalue weighted by Gasteiger charge is -2.35. The molecule has 0 radical (unpaired) electrons. The normalized spacial score (nSPS) is 23.0. The van der Waals surface area contributed by atoms with Crippen LogP contribution < -0.4 is 21.6 Å². The van der Waals surface area contributed by atoms with Crippen molar-refractivity contribution in [2.45, 2.75) is 19.3 Å². The zero-order valence-corrected chi connectivity index (χ0v) is 10.2. The molecule has 0 amide bonds. The quantitative estimate of drug-likeness (QED) is 0.669. The maximum atomic E-state index is 6.46. The third-order valence-corrected chi connectivity index (χ3v) is 4.55. The summed E-state index contributed by atoms with van der Waals surface area (Å²) in [7, 11) is 0. The summed E-state index contributed by atoms with van der Waals surface area (Å²) in [5, 5.41) is 5.62. The minimum absolute atomic E-state index is 0.187. The molecular formula is C14H16N4. The molecular weight excluding hydrogens is 224 g/mol. The fourth-order valence-corrected chi connectivity index (χ4v) is 3.47. The number of benzene rings is 1. The van der Waals surface area contributed by atoms with E-state index in [1.54, 1.807) is 6.34 Å². The van der Waals surface area contributed by atoms with Gasteiger partial charge in [0.05, 0.1) is 11.0 Å². The van der Waals surface area contributed by atoms with E-state index in [2.05, 4.69) is 27.4 Å². The minimum Gasteiger partial charge on any atom is -0.401 e. The Hall–Kier alpha value is -1.68. The van der Waals surface area contributed by atoms with Crippen molar-refractivity contribution in [1.82, 2.24) is 5.32 Å². The Kier molecular flexibility index (Phi) is 1.95. The van der Waals surface area contributed by atoms with Gasteiger partial charge in [0, 0.05) is 11.1 Å². The van der Waals surface area contributed by atoms with Crippen molar-refractivity contribution in [2.75, 3.05) is 13.1 Å². The molecule has 2 aliphatic heterocycles. The lowest BCUT2D eigenvalue weighted by atomic mass is 9.75. The van der Waals surface area contributed by atoms with Crippen molar-refractivity contribution >= 4 is 17.7 Å². The molecule has 1 fully saturated rings. The van der Waals surface area contributed by atoms with Gasteiger partial charge >= 0.3 is 0 Å². The molecule has 2 heterocycles. The smallest absolute Gasteiger partial charge is 0.116 e. The molecule has 4 nitrogen and oxygen atoms in total. The van der Waals surface area contributed by atoms with Crippen LogP contribution in [0.5, 0.6) is 0 Å². The predicted molar refractivity (Wildman–Crippen MR) is 71.2 cm³/mol. The first-order valence-electron chi connectivity index (χ1n) is 6.53. The molecule has 1 aromatic carbocycles. The van der Waals surface area contributed by atoms with E-state index in [1.807, 2.05) is 0 Å². The van der Waals surface area contributed by atoms with Gasteiger partial charge in [-0.15, -0.1) is 0 Å². The van der Waals surface area contributed by atoms with Crippen LogP contribution in [-0.2, 0) is 6.42 Å². The first kappa shape index (κ1) is 10.3. The molecule has 1 aromatic rings. The molecule has 4 rings (SSSR count). The summed E-state index contributed by atoms with van der Waals surface area (Å²) < 4.78 is 0. The van der Waals surface area contributed by atoms with Crippen LogP contribution in [0, 0.1) is 5.41 Å². The lowest BCUT2D eigenvalue weighted by Crippen LogP contribution is -2.39. The summed E-state index contributed by atoms with van der Waals surface area (Å²) in [4.78, 5) is 8.55. The second-order valence-electron chi connectivity index (χ2n) is 5.49. The van der Waals surface area contributed by atoms with Crippen LogP contribution in [0.1, 0.15) is 18.4 Å². The average molecular weight is 240 g/mol. The number of piperidine rings is 1. The number of aliphatic imine (C=N–C) groups is 1. The van der Waals surface area contributed by atoms with Gasteiger partial charge in [-0.25, -0.2) is 9.98 Å². The molecule has 18 heavy (non-hydrogen) atoms. The van der Waals surface area contributed by atoms with Crippen LogP contribution in [0.4, 0.5) is 5.69 Å². The molecule has 4 heteroatoms. The molecule has 1 spiro atoms. The Labute approximate surface area is 105 Å². The van der Waals surface area contributed by atoms with Crippen LogP contribution in [0.2, 0.25) is 0 Å². The molecule has 0 aromatic heterocycles. The minimum atomic E-state index is 0.187. The van der Waals surface area contributed by atoms with Crippen LogP contribution in [0.15, 0.2) is 22.1 Å². The number of fused-ring (bicyclic) bond motifs is 2. The first-order valence-corrected chi connectivity index (χ1v) is 6.53. The van der Waals surface area contributed by atoms with Crippen molar-refractivity contribution in [3.8, 4) is 0 Å². The van der Waals surface area contributed by atoms with Gasteiger partial charge in [-0.3, -0.25) is 0 Å². The standard InChI is InChI=1S/C14H16N4/c15-13-10-6-12-11(17-8-18-12)5-9(10)7-14(13)1-3-16-4-2-14/h5-6,8,16H,1-4,7,15H2. The summed E-state index contributed by atoms with van der Waals surface area (Å²) in [5.74, 6) is 0. The predicted octanol–water partition coefficient (Wildman–Crippen LogP) is -0.0276. The molecule has 1 saturated heterocycles. The van der Waals surface area contributed by atoms with E-state index in [0.717, 1.165) is 49.1 Å². The molecule has 92 valence electrons. The highest BCUT2D eigenvalue weighted by molar-refractivity contribution is 5.69. The van der Waals surface area contributed by atoms with Gasteiger partial charge < -0.3 is 11.1 Å². The van der Waals surface area contributed by atoms with E-state index in [0.29, 0.717) is 0 Å². The van der Waals surface area contributed by atoms with E-state index in [-0.39, 0.29) is 5.41 Å². The van der Waals surface area contributed by atoms with Crippen LogP contribution >= 0.6 is 0 Å². The Morgan fingerprint density at radius 1 is 1.22 bits per heavy atom. The molecule has 3 aliphatic rings. The van der Waals surface area contributed by atoms with Crippen molar-refractivity contribution in [2.24, 2.45) is 21.1 Å². The Balaban J connectivity index is 1.92. The number of rotatable bonds is 0. The summed E-state index contributed by atoms with van der Waals surface area (Å²) >= 11 is 0. The topological polar surface area (TPSA) is 62.8 Å². The van der Waals surface area contributed by atoms with E-state index >= 15 is 0 Å². The fraction of sp³-hybridized carbons (Fsp3) is 0.429. The Morgan fingerprint density at radius 3 is 2.89 bits per heavy atom. The number of nitrogens with one attached hydrogen (secondary N) is 1. The van der Waals surface area contributed by atoms with Gasteiger partial charge in [0.1, 0.15) is 6.34 Å². The molecule has 0 unspecified atom stereocenters. The van der Waals surface area contributed by atoms with E-state index in [1.165, 1.54) is 10.8 Å². The summed E-state index contributed by atoms with van der Waals surface area (Å²) in [6, 6.07) is 4.28. The fourth-order valence-electron chi connectivity index (χ4n) is 3.47. The van der Waals surface area contributed by atoms with Gasteiger partial charge in [-0.05, 0) is 55.3 Å². The number of hydrogen-bond acceptors (Lipinski definition) is 4. The SMILES string of the molecule is NC1=c2cc3c(cc2CC12CCNCC2)=NC=N3. The average Bonchev–Trinajstić information content (AvgIpc) is 2.93. The number of nitrogens with two attached hydrogens (primary N) is 1. The summed E-state index contributed by atoms with van der Waals surface area (Å²) in [5.41, 5.74) is 10.0. The highest BCUT2D eigenvalue weighted by atomic mass is 14.9. The second-order valence-corrected chi connectivity index (χ2v) is 5.49. The molecule has 0 atom stereocenters. The van der Waals surface area contributed by atoms with E-state index in [9.17, 15) is 0 Å². The summed E-state index contributed by atoms with van der Waals surface area (Å²) in [6.07, 6.45) is 4.96. The van der Waals surface area contributed by atoms with Gasteiger partial charge in [0.15, 0.2) is 0 Å². The molecule has 1 aliphatic carbocycles. The summed E-state index contributed by atoms with van der Waals surface area (Å²) in [6.45, 7) is 2.13. The lowest BCUT2D eigenvalue weighted by molar-refractivity contribution is 0.287. The monoisotopic (exact) mass is 240 g/mol. The Morgan fingerprint density at radius 2 is 2.06 bits per heavy atom. The van der Waals surface area contributed by atoms with Crippen molar-refractivity contribution < 1.29 is 0 Å². The molecule has 3 N–H and O–H groups in total. The van der Waals surface area contributed by atoms with Crippen LogP contribution in [-0.4, -0.2) is 19.4 Å². The zero-order chi connectivity index (χ0) is 12.2. The highest BCUT2D eigenvalue weighted by Crippen LogP contribution is 2.40. The third kappa shape index (κ3) is 1.24. The van der Waals surface area contributed by atoms with Gasteiger partial charge in [-0.1, -0.05) is 0 Å². The van der Waals surface area contributed by atoms with Crippen LogP contribution in [0.25, 0.3) is 5.70 Å². The molecule has 0 saturated carbocycles. The number of nitrogens with zero attached hydrogens (tertiary/aromatic N) is 2. The Bertz CT molecular complexity index is 666. The van der Waals surface area contributed by atoms with Crippen molar-refractivity contribution in [3.63, 3.8) is 0 Å². The van der Waals surface area contributed by atoms with Crippen molar-refractivity contribution in [1.29, 1.82) is 0 Å². The van der Waals surface area contributed by atoms with E-state index in [4.69, 9.17) is 5.73 Å². The molecule has 0 bridgehead atoms. The van der Waals surface area contributed by atoms with Crippen molar-refractivity contribution in [3.05, 3.63) is 28.3 Å². The maximum absolute atomic E-state index is 6.46.